The maximum absolute atomic E-state index is 9.59. The summed E-state index contributed by atoms with van der Waals surface area (Å²) in [6, 6.07) is 21.8. The summed E-state index contributed by atoms with van der Waals surface area (Å²) < 4.78 is 0. The van der Waals surface area contributed by atoms with Crippen molar-refractivity contribution in [2.75, 3.05) is 0 Å². The maximum atomic E-state index is 9.59. The van der Waals surface area contributed by atoms with Crippen molar-refractivity contribution in [1.29, 1.82) is 0 Å². The molecule has 3 nitrogen and oxygen atoms in total. The second kappa shape index (κ2) is 7.42. The van der Waals surface area contributed by atoms with Crippen LogP contribution in [0.4, 0.5) is 0 Å². The van der Waals surface area contributed by atoms with Crippen LogP contribution in [-0.4, -0.2) is 10.9 Å². The second-order valence-corrected chi connectivity index (χ2v) is 6.34. The summed E-state index contributed by atoms with van der Waals surface area (Å²) >= 11 is 0. The molecule has 2 aromatic carbocycles. The predicted molar refractivity (Wildman–Crippen MR) is 92.5 cm³/mol. The average molecular weight is 309 g/mol. The van der Waals surface area contributed by atoms with E-state index in [9.17, 15) is 5.21 Å². The fourth-order valence-corrected chi connectivity index (χ4v) is 3.76. The van der Waals surface area contributed by atoms with E-state index >= 15 is 0 Å². The van der Waals surface area contributed by atoms with Gasteiger partial charge in [0.05, 0.1) is 11.6 Å². The van der Waals surface area contributed by atoms with Crippen molar-refractivity contribution < 1.29 is 10.5 Å². The van der Waals surface area contributed by atoms with E-state index in [1.807, 2.05) is 6.07 Å². The Bertz CT molecular complexity index is 639. The highest BCUT2D eigenvalue weighted by molar-refractivity contribution is 5.88. The Morgan fingerprint density at radius 2 is 1.61 bits per heavy atom. The van der Waals surface area contributed by atoms with Gasteiger partial charge in [-0.25, -0.2) is 0 Å². The summed E-state index contributed by atoms with van der Waals surface area (Å²) in [6.45, 7) is 2.19. The molecular formula is C20H25N2O+. The third-order valence-electron chi connectivity index (χ3n) is 4.87. The summed E-state index contributed by atoms with van der Waals surface area (Å²) in [7, 11) is 0. The zero-order chi connectivity index (χ0) is 16.1. The van der Waals surface area contributed by atoms with Gasteiger partial charge in [-0.15, -0.1) is 0 Å². The summed E-state index contributed by atoms with van der Waals surface area (Å²) in [6.07, 6.45) is 2.96. The quantitative estimate of drug-likeness (QED) is 0.657. The van der Waals surface area contributed by atoms with Crippen LogP contribution in [0.25, 0.3) is 0 Å². The molecule has 23 heavy (non-hydrogen) atoms. The minimum absolute atomic E-state index is 0.298. The minimum atomic E-state index is 0.298. The van der Waals surface area contributed by atoms with Crippen LogP contribution in [0.1, 0.15) is 49.4 Å². The topological polar surface area (TPSA) is 49.2 Å². The first-order chi connectivity index (χ1) is 11.3. The third-order valence-corrected chi connectivity index (χ3v) is 4.87. The van der Waals surface area contributed by atoms with E-state index in [1.165, 1.54) is 11.1 Å². The molecule has 0 aliphatic carbocycles. The van der Waals surface area contributed by atoms with E-state index in [0.717, 1.165) is 25.0 Å². The molecule has 0 saturated carbocycles. The summed E-state index contributed by atoms with van der Waals surface area (Å²) in [4.78, 5) is 0. The number of rotatable bonds is 4. The first-order valence-electron chi connectivity index (χ1n) is 8.49. The zero-order valence-corrected chi connectivity index (χ0v) is 13.6. The molecule has 3 heteroatoms. The normalized spacial score (nSPS) is 26.3. The molecule has 1 saturated heterocycles. The monoisotopic (exact) mass is 309 g/mol. The van der Waals surface area contributed by atoms with Gasteiger partial charge in [0.1, 0.15) is 12.1 Å². The Hall–Kier alpha value is -2.13. The molecule has 0 unspecified atom stereocenters. The van der Waals surface area contributed by atoms with Gasteiger partial charge in [0.25, 0.3) is 0 Å². The van der Waals surface area contributed by atoms with E-state index < -0.39 is 0 Å². The SMILES string of the molecule is CCC[C@@H]1/C(=N\O)C[C@@H](c2ccccc2)[NH2+][C@H]1c1ccccc1. The molecule has 3 N–H and O–H groups in total. The molecule has 120 valence electrons. The minimum Gasteiger partial charge on any atom is -0.411 e. The van der Waals surface area contributed by atoms with Gasteiger partial charge in [-0.1, -0.05) is 79.2 Å². The van der Waals surface area contributed by atoms with Crippen molar-refractivity contribution in [3.8, 4) is 0 Å². The summed E-state index contributed by atoms with van der Waals surface area (Å²) in [5, 5.41) is 15.7. The highest BCUT2D eigenvalue weighted by atomic mass is 16.4. The standard InChI is InChI=1S/C20H24N2O/c1-2-9-17-19(22-23)14-18(15-10-5-3-6-11-15)21-20(17)16-12-7-4-8-13-16/h3-8,10-13,17-18,20-21,23H,2,9,14H2,1H3/p+1/b22-19-/t17-,18+,20+/m1/s1. The Balaban J connectivity index is 1.95. The lowest BCUT2D eigenvalue weighted by Gasteiger charge is -2.35. The average Bonchev–Trinajstić information content (AvgIpc) is 2.63. The first kappa shape index (κ1) is 15.8. The Morgan fingerprint density at radius 1 is 1.00 bits per heavy atom. The number of hydrogen-bond donors (Lipinski definition) is 2. The van der Waals surface area contributed by atoms with E-state index in [-0.39, 0.29) is 0 Å². The van der Waals surface area contributed by atoms with Gasteiger partial charge in [0.2, 0.25) is 0 Å². The molecule has 1 aliphatic rings. The number of oxime groups is 1. The second-order valence-electron chi connectivity index (χ2n) is 6.34. The zero-order valence-electron chi connectivity index (χ0n) is 13.6. The molecule has 0 bridgehead atoms. The number of benzene rings is 2. The highest BCUT2D eigenvalue weighted by Gasteiger charge is 2.39. The number of piperidine rings is 1. The Morgan fingerprint density at radius 3 is 2.17 bits per heavy atom. The number of nitrogens with zero attached hydrogens (tertiary/aromatic N) is 1. The van der Waals surface area contributed by atoms with Gasteiger partial charge in [0, 0.05) is 17.5 Å². The number of quaternary nitrogens is 1. The third kappa shape index (κ3) is 3.45. The molecule has 0 aromatic heterocycles. The van der Waals surface area contributed by atoms with Crippen LogP contribution in [0.2, 0.25) is 0 Å². The van der Waals surface area contributed by atoms with Crippen molar-refractivity contribution in [1.82, 2.24) is 0 Å². The molecular weight excluding hydrogens is 284 g/mol. The first-order valence-corrected chi connectivity index (χ1v) is 8.49. The van der Waals surface area contributed by atoms with Crippen molar-refractivity contribution in [3.63, 3.8) is 0 Å². The highest BCUT2D eigenvalue weighted by Crippen LogP contribution is 2.32. The van der Waals surface area contributed by atoms with Gasteiger partial charge in [-0.05, 0) is 6.42 Å². The van der Waals surface area contributed by atoms with Crippen LogP contribution in [0.15, 0.2) is 65.8 Å². The van der Waals surface area contributed by atoms with E-state index in [4.69, 9.17) is 0 Å². The lowest BCUT2D eigenvalue weighted by atomic mass is 9.78. The van der Waals surface area contributed by atoms with Crippen LogP contribution in [0.3, 0.4) is 0 Å². The molecule has 1 aliphatic heterocycles. The van der Waals surface area contributed by atoms with E-state index in [1.54, 1.807) is 0 Å². The van der Waals surface area contributed by atoms with Crippen LogP contribution < -0.4 is 5.32 Å². The molecule has 0 spiro atoms. The molecule has 1 heterocycles. The van der Waals surface area contributed by atoms with E-state index in [2.05, 4.69) is 72.0 Å². The van der Waals surface area contributed by atoms with Crippen molar-refractivity contribution in [2.45, 2.75) is 38.3 Å². The summed E-state index contributed by atoms with van der Waals surface area (Å²) in [5.74, 6) is 0.298. The van der Waals surface area contributed by atoms with Gasteiger partial charge >= 0.3 is 0 Å². The molecule has 3 rings (SSSR count). The Labute approximate surface area is 138 Å². The lowest BCUT2D eigenvalue weighted by molar-refractivity contribution is -0.742. The lowest BCUT2D eigenvalue weighted by Crippen LogP contribution is -2.90. The Kier molecular flexibility index (Phi) is 5.09. The van der Waals surface area contributed by atoms with Crippen molar-refractivity contribution >= 4 is 5.71 Å². The fraction of sp³-hybridized carbons (Fsp3) is 0.350. The summed E-state index contributed by atoms with van der Waals surface area (Å²) in [5.41, 5.74) is 3.55. The van der Waals surface area contributed by atoms with Crippen LogP contribution in [0.5, 0.6) is 0 Å². The molecule has 3 atom stereocenters. The van der Waals surface area contributed by atoms with Gasteiger partial charge in [0.15, 0.2) is 0 Å². The number of nitrogens with two attached hydrogens (primary N) is 1. The predicted octanol–water partition coefficient (Wildman–Crippen LogP) is 3.68. The van der Waals surface area contributed by atoms with Crippen molar-refractivity contribution in [3.05, 3.63) is 71.8 Å². The number of hydrogen-bond acceptors (Lipinski definition) is 2. The van der Waals surface area contributed by atoms with E-state index in [0.29, 0.717) is 18.0 Å². The van der Waals surface area contributed by atoms with Gasteiger partial charge in [-0.3, -0.25) is 0 Å². The largest absolute Gasteiger partial charge is 0.411 e. The van der Waals surface area contributed by atoms with Gasteiger partial charge in [-0.2, -0.15) is 0 Å². The van der Waals surface area contributed by atoms with Crippen LogP contribution in [-0.2, 0) is 0 Å². The molecule has 0 amide bonds. The van der Waals surface area contributed by atoms with Crippen LogP contribution >= 0.6 is 0 Å². The van der Waals surface area contributed by atoms with Crippen LogP contribution in [0, 0.1) is 5.92 Å². The fourth-order valence-electron chi connectivity index (χ4n) is 3.76. The molecule has 2 aromatic rings. The smallest absolute Gasteiger partial charge is 0.120 e. The maximum Gasteiger partial charge on any atom is 0.120 e. The molecule has 1 fully saturated rings. The van der Waals surface area contributed by atoms with Gasteiger partial charge < -0.3 is 10.5 Å². The van der Waals surface area contributed by atoms with Crippen molar-refractivity contribution in [2.24, 2.45) is 11.1 Å². The molecule has 0 radical (unpaired) electrons.